The van der Waals surface area contributed by atoms with Crippen molar-refractivity contribution in [1.29, 1.82) is 0 Å². The van der Waals surface area contributed by atoms with Crippen LogP contribution < -0.4 is 20.3 Å². The van der Waals surface area contributed by atoms with Crippen LogP contribution in [-0.4, -0.2) is 77.9 Å². The Balaban J connectivity index is 1.48. The lowest BCUT2D eigenvalue weighted by Gasteiger charge is -2.22. The van der Waals surface area contributed by atoms with Crippen molar-refractivity contribution in [1.82, 2.24) is 14.9 Å². The topological polar surface area (TPSA) is 86.3 Å². The molecule has 2 aliphatic heterocycles. The first-order chi connectivity index (χ1) is 13.4. The number of guanidine groups is 1. The van der Waals surface area contributed by atoms with Gasteiger partial charge < -0.3 is 20.3 Å². The number of nitrogens with zero attached hydrogens (tertiary/aromatic N) is 3. The van der Waals surface area contributed by atoms with Gasteiger partial charge in [-0.25, -0.2) is 12.7 Å². The quantitative estimate of drug-likeness (QED) is 0.532. The average molecular weight is 410 g/mol. The normalized spacial score (nSPS) is 23.8. The molecule has 2 heterocycles. The molecule has 0 amide bonds. The van der Waals surface area contributed by atoms with Crippen molar-refractivity contribution < 1.29 is 13.2 Å². The van der Waals surface area contributed by atoms with E-state index in [0.717, 1.165) is 43.3 Å². The number of aliphatic imine (C=N–C) groups is 1. The summed E-state index contributed by atoms with van der Waals surface area (Å²) in [5, 5.41) is 6.85. The van der Waals surface area contributed by atoms with Crippen LogP contribution in [0.3, 0.4) is 0 Å². The van der Waals surface area contributed by atoms with E-state index in [2.05, 4.69) is 26.6 Å². The molecular formula is C19H31N5O3S. The third-order valence-corrected chi connectivity index (χ3v) is 6.72. The minimum Gasteiger partial charge on any atom is -0.495 e. The minimum atomic E-state index is -3.09. The van der Waals surface area contributed by atoms with E-state index in [1.54, 1.807) is 18.5 Å². The van der Waals surface area contributed by atoms with Crippen LogP contribution in [0.2, 0.25) is 0 Å². The highest BCUT2D eigenvalue weighted by atomic mass is 32.2. The van der Waals surface area contributed by atoms with Crippen molar-refractivity contribution in [2.45, 2.75) is 18.9 Å². The number of hydrogen-bond donors (Lipinski definition) is 2. The number of hydrogen-bond acceptors (Lipinski definition) is 5. The molecule has 0 spiro atoms. The minimum absolute atomic E-state index is 0.298. The summed E-state index contributed by atoms with van der Waals surface area (Å²) in [4.78, 5) is 6.66. The summed E-state index contributed by atoms with van der Waals surface area (Å²) in [6, 6.07) is 8.38. The number of para-hydroxylation sites is 2. The van der Waals surface area contributed by atoms with Gasteiger partial charge in [0.1, 0.15) is 5.75 Å². The van der Waals surface area contributed by atoms with E-state index in [9.17, 15) is 8.42 Å². The molecule has 9 heteroatoms. The number of benzene rings is 1. The Bertz CT molecular complexity index is 799. The highest BCUT2D eigenvalue weighted by molar-refractivity contribution is 7.88. The molecule has 3 rings (SSSR count). The van der Waals surface area contributed by atoms with Gasteiger partial charge in [0.15, 0.2) is 5.96 Å². The maximum Gasteiger partial charge on any atom is 0.211 e. The van der Waals surface area contributed by atoms with Gasteiger partial charge in [0.05, 0.1) is 19.1 Å². The molecule has 1 aromatic rings. The molecule has 2 fully saturated rings. The molecule has 2 atom stereocenters. The zero-order valence-electron chi connectivity index (χ0n) is 16.9. The molecule has 2 aliphatic rings. The fourth-order valence-corrected chi connectivity index (χ4v) is 4.80. The molecule has 8 nitrogen and oxygen atoms in total. The van der Waals surface area contributed by atoms with Gasteiger partial charge in [-0.05, 0) is 30.9 Å². The number of anilines is 1. The standard InChI is InChI=1S/C19H31N5O3S/c1-20-19(21-12-15-8-11-24(13-15)28(3,25)26)22-16-9-10-23(14-16)17-6-4-5-7-18(17)27-2/h4-7,15-16H,8-14H2,1-3H3,(H2,20,21,22). The Morgan fingerprint density at radius 2 is 2.04 bits per heavy atom. The largest absolute Gasteiger partial charge is 0.495 e. The summed E-state index contributed by atoms with van der Waals surface area (Å²) in [6.45, 7) is 3.74. The Labute approximate surface area is 168 Å². The Kier molecular flexibility index (Phi) is 6.66. The van der Waals surface area contributed by atoms with Crippen molar-refractivity contribution in [3.63, 3.8) is 0 Å². The summed E-state index contributed by atoms with van der Waals surface area (Å²) in [6.07, 6.45) is 3.17. The molecule has 0 bridgehead atoms. The smallest absolute Gasteiger partial charge is 0.211 e. The number of methoxy groups -OCH3 is 1. The van der Waals surface area contributed by atoms with Crippen LogP contribution in [0.1, 0.15) is 12.8 Å². The van der Waals surface area contributed by atoms with Crippen LogP contribution in [0, 0.1) is 5.92 Å². The highest BCUT2D eigenvalue weighted by Crippen LogP contribution is 2.30. The van der Waals surface area contributed by atoms with Crippen LogP contribution >= 0.6 is 0 Å². The Morgan fingerprint density at radius 3 is 2.71 bits per heavy atom. The fraction of sp³-hybridized carbons (Fsp3) is 0.632. The zero-order chi connectivity index (χ0) is 20.1. The van der Waals surface area contributed by atoms with Gasteiger partial charge in [-0.2, -0.15) is 0 Å². The molecule has 1 aromatic carbocycles. The lowest BCUT2D eigenvalue weighted by Crippen LogP contribution is -2.46. The van der Waals surface area contributed by atoms with Gasteiger partial charge in [-0.3, -0.25) is 4.99 Å². The van der Waals surface area contributed by atoms with Crippen LogP contribution in [-0.2, 0) is 10.0 Å². The summed E-state index contributed by atoms with van der Waals surface area (Å²) in [7, 11) is 0.370. The second-order valence-electron chi connectivity index (χ2n) is 7.48. The maximum atomic E-state index is 11.7. The summed E-state index contributed by atoms with van der Waals surface area (Å²) in [5.41, 5.74) is 1.11. The predicted molar refractivity (Wildman–Crippen MR) is 113 cm³/mol. The van der Waals surface area contributed by atoms with Crippen molar-refractivity contribution in [2.75, 3.05) is 58.0 Å². The van der Waals surface area contributed by atoms with Crippen molar-refractivity contribution in [3.05, 3.63) is 24.3 Å². The van der Waals surface area contributed by atoms with Crippen LogP contribution in [0.15, 0.2) is 29.3 Å². The van der Waals surface area contributed by atoms with E-state index in [4.69, 9.17) is 4.74 Å². The number of rotatable bonds is 6. The molecular weight excluding hydrogens is 378 g/mol. The summed E-state index contributed by atoms with van der Waals surface area (Å²) in [5.74, 6) is 1.97. The van der Waals surface area contributed by atoms with Crippen molar-refractivity contribution >= 4 is 21.7 Å². The molecule has 0 aliphatic carbocycles. The zero-order valence-corrected chi connectivity index (χ0v) is 17.7. The highest BCUT2D eigenvalue weighted by Gasteiger charge is 2.29. The average Bonchev–Trinajstić information content (AvgIpc) is 3.34. The number of ether oxygens (including phenoxy) is 1. The van der Waals surface area contributed by atoms with E-state index in [1.807, 2.05) is 18.2 Å². The molecule has 28 heavy (non-hydrogen) atoms. The van der Waals surface area contributed by atoms with Gasteiger partial charge in [-0.1, -0.05) is 12.1 Å². The molecule has 0 radical (unpaired) electrons. The monoisotopic (exact) mass is 409 g/mol. The second-order valence-corrected chi connectivity index (χ2v) is 9.46. The summed E-state index contributed by atoms with van der Waals surface area (Å²) < 4.78 is 30.3. The number of nitrogens with one attached hydrogen (secondary N) is 2. The lowest BCUT2D eigenvalue weighted by molar-refractivity contribution is 0.415. The van der Waals surface area contributed by atoms with E-state index in [1.165, 1.54) is 6.26 Å². The van der Waals surface area contributed by atoms with E-state index >= 15 is 0 Å². The second kappa shape index (κ2) is 9.00. The van der Waals surface area contributed by atoms with Gasteiger partial charge in [0.2, 0.25) is 10.0 Å². The Morgan fingerprint density at radius 1 is 1.25 bits per heavy atom. The van der Waals surface area contributed by atoms with Crippen molar-refractivity contribution in [2.24, 2.45) is 10.9 Å². The van der Waals surface area contributed by atoms with Gasteiger partial charge in [0.25, 0.3) is 0 Å². The van der Waals surface area contributed by atoms with Gasteiger partial charge in [-0.15, -0.1) is 0 Å². The van der Waals surface area contributed by atoms with Crippen LogP contribution in [0.25, 0.3) is 0 Å². The fourth-order valence-electron chi connectivity index (χ4n) is 3.88. The SMILES string of the molecule is CN=C(NCC1CCN(S(C)(=O)=O)C1)NC1CCN(c2ccccc2OC)C1. The van der Waals surface area contributed by atoms with E-state index in [-0.39, 0.29) is 0 Å². The third-order valence-electron chi connectivity index (χ3n) is 5.45. The lowest BCUT2D eigenvalue weighted by atomic mass is 10.1. The van der Waals surface area contributed by atoms with E-state index < -0.39 is 10.0 Å². The predicted octanol–water partition coefficient (Wildman–Crippen LogP) is 0.720. The number of sulfonamides is 1. The first kappa shape index (κ1) is 20.7. The summed E-state index contributed by atoms with van der Waals surface area (Å²) >= 11 is 0. The Hall–Kier alpha value is -2.00. The molecule has 0 saturated carbocycles. The molecule has 2 N–H and O–H groups in total. The third kappa shape index (κ3) is 5.08. The molecule has 0 aromatic heterocycles. The van der Waals surface area contributed by atoms with Gasteiger partial charge in [0, 0.05) is 45.8 Å². The molecule has 156 valence electrons. The van der Waals surface area contributed by atoms with Gasteiger partial charge >= 0.3 is 0 Å². The van der Waals surface area contributed by atoms with Crippen molar-refractivity contribution in [3.8, 4) is 5.75 Å². The van der Waals surface area contributed by atoms with Crippen LogP contribution in [0.4, 0.5) is 5.69 Å². The first-order valence-corrected chi connectivity index (χ1v) is 11.6. The molecule has 2 saturated heterocycles. The maximum absolute atomic E-state index is 11.7. The van der Waals surface area contributed by atoms with Crippen LogP contribution in [0.5, 0.6) is 5.75 Å². The first-order valence-electron chi connectivity index (χ1n) is 9.71. The molecule has 2 unspecified atom stereocenters. The van der Waals surface area contributed by atoms with E-state index in [0.29, 0.717) is 31.6 Å².